The molecule has 0 radical (unpaired) electrons. The molecule has 1 aromatic heterocycles. The third-order valence-corrected chi connectivity index (χ3v) is 2.23. The van der Waals surface area contributed by atoms with Crippen LogP contribution in [0.4, 0.5) is 5.82 Å². The summed E-state index contributed by atoms with van der Waals surface area (Å²) in [7, 11) is 1.65. The number of nitrogens with one attached hydrogen (secondary N) is 1. The number of nitrogens with zero attached hydrogens (tertiary/aromatic N) is 2. The second kappa shape index (κ2) is 5.32. The third kappa shape index (κ3) is 2.93. The van der Waals surface area contributed by atoms with Gasteiger partial charge in [0.15, 0.2) is 0 Å². The summed E-state index contributed by atoms with van der Waals surface area (Å²) in [5, 5.41) is 12.1. The van der Waals surface area contributed by atoms with Crippen molar-refractivity contribution in [3.8, 4) is 6.07 Å². The van der Waals surface area contributed by atoms with Crippen LogP contribution in [-0.4, -0.2) is 24.7 Å². The van der Waals surface area contributed by atoms with Crippen LogP contribution in [0.2, 0.25) is 0 Å². The minimum atomic E-state index is 0.0962. The van der Waals surface area contributed by atoms with E-state index in [0.29, 0.717) is 17.9 Å². The number of ether oxygens (including phenoxy) is 1. The number of pyridine rings is 1. The number of nitriles is 1. The minimum absolute atomic E-state index is 0.0962. The van der Waals surface area contributed by atoms with Crippen LogP contribution >= 0.6 is 0 Å². The predicted octanol–water partition coefficient (Wildman–Crippen LogP) is 1.71. The lowest BCUT2D eigenvalue weighted by Gasteiger charge is -2.12. The molecule has 4 nitrogen and oxygen atoms in total. The van der Waals surface area contributed by atoms with Gasteiger partial charge >= 0.3 is 0 Å². The molecule has 0 amide bonds. The van der Waals surface area contributed by atoms with E-state index >= 15 is 0 Å². The molecule has 1 N–H and O–H groups in total. The number of rotatable bonds is 4. The average Bonchev–Trinajstić information content (AvgIpc) is 2.25. The molecule has 1 rings (SSSR count). The molecule has 0 saturated heterocycles. The Kier molecular flexibility index (Phi) is 4.07. The van der Waals surface area contributed by atoms with Gasteiger partial charge in [0, 0.05) is 19.9 Å². The number of aryl methyl sites for hydroxylation is 1. The maximum absolute atomic E-state index is 8.96. The van der Waals surface area contributed by atoms with Crippen molar-refractivity contribution >= 4 is 5.82 Å². The lowest BCUT2D eigenvalue weighted by atomic mass is 10.1. The Morgan fingerprint density at radius 2 is 2.40 bits per heavy atom. The summed E-state index contributed by atoms with van der Waals surface area (Å²) in [5.41, 5.74) is 1.53. The van der Waals surface area contributed by atoms with Gasteiger partial charge in [-0.25, -0.2) is 4.98 Å². The highest BCUT2D eigenvalue weighted by atomic mass is 16.5. The summed E-state index contributed by atoms with van der Waals surface area (Å²) in [6, 6.07) is 3.96. The first-order valence-electron chi connectivity index (χ1n) is 4.81. The van der Waals surface area contributed by atoms with Gasteiger partial charge in [-0.2, -0.15) is 5.26 Å². The maximum atomic E-state index is 8.96. The normalized spacial score (nSPS) is 11.9. The second-order valence-electron chi connectivity index (χ2n) is 3.39. The van der Waals surface area contributed by atoms with Gasteiger partial charge in [0.05, 0.1) is 11.7 Å². The summed E-state index contributed by atoms with van der Waals surface area (Å²) in [6.07, 6.45) is 1.79. The number of hydrogen-bond acceptors (Lipinski definition) is 4. The van der Waals surface area contributed by atoms with E-state index in [-0.39, 0.29) is 6.10 Å². The zero-order valence-electron chi connectivity index (χ0n) is 9.24. The summed E-state index contributed by atoms with van der Waals surface area (Å²) >= 11 is 0. The van der Waals surface area contributed by atoms with Crippen molar-refractivity contribution in [1.29, 1.82) is 5.26 Å². The van der Waals surface area contributed by atoms with Crippen molar-refractivity contribution < 1.29 is 4.74 Å². The Morgan fingerprint density at radius 1 is 1.67 bits per heavy atom. The lowest BCUT2D eigenvalue weighted by molar-refractivity contribution is 0.128. The Labute approximate surface area is 89.9 Å². The number of aromatic nitrogens is 1. The second-order valence-corrected chi connectivity index (χ2v) is 3.39. The fourth-order valence-corrected chi connectivity index (χ4v) is 1.16. The Bertz CT molecular complexity index is 371. The molecule has 0 saturated carbocycles. The van der Waals surface area contributed by atoms with Crippen LogP contribution < -0.4 is 5.32 Å². The smallest absolute Gasteiger partial charge is 0.144 e. The SMILES string of the molecule is COC(C)CNc1nccc(C)c1C#N. The topological polar surface area (TPSA) is 57.9 Å². The van der Waals surface area contributed by atoms with E-state index in [1.54, 1.807) is 13.3 Å². The first kappa shape index (κ1) is 11.5. The summed E-state index contributed by atoms with van der Waals surface area (Å²) < 4.78 is 5.10. The molecule has 0 aromatic carbocycles. The third-order valence-electron chi connectivity index (χ3n) is 2.23. The van der Waals surface area contributed by atoms with Gasteiger partial charge < -0.3 is 10.1 Å². The summed E-state index contributed by atoms with van der Waals surface area (Å²) in [5.74, 6) is 0.626. The molecule has 1 unspecified atom stereocenters. The molecule has 0 aliphatic carbocycles. The van der Waals surface area contributed by atoms with Gasteiger partial charge in [-0.15, -0.1) is 0 Å². The molecular formula is C11H15N3O. The zero-order chi connectivity index (χ0) is 11.3. The number of anilines is 1. The molecular weight excluding hydrogens is 190 g/mol. The monoisotopic (exact) mass is 205 g/mol. The van der Waals surface area contributed by atoms with E-state index in [9.17, 15) is 0 Å². The molecule has 4 heteroatoms. The Morgan fingerprint density at radius 3 is 3.00 bits per heavy atom. The largest absolute Gasteiger partial charge is 0.380 e. The molecule has 0 aliphatic rings. The quantitative estimate of drug-likeness (QED) is 0.813. The van der Waals surface area contributed by atoms with Crippen LogP contribution in [0.25, 0.3) is 0 Å². The van der Waals surface area contributed by atoms with E-state index in [0.717, 1.165) is 5.56 Å². The molecule has 0 bridgehead atoms. The van der Waals surface area contributed by atoms with E-state index in [4.69, 9.17) is 10.00 Å². The lowest BCUT2D eigenvalue weighted by Crippen LogP contribution is -2.19. The molecule has 15 heavy (non-hydrogen) atoms. The van der Waals surface area contributed by atoms with Gasteiger partial charge in [-0.1, -0.05) is 0 Å². The first-order chi connectivity index (χ1) is 7.19. The first-order valence-corrected chi connectivity index (χ1v) is 4.81. The van der Waals surface area contributed by atoms with Gasteiger partial charge in [0.1, 0.15) is 11.9 Å². The predicted molar refractivity (Wildman–Crippen MR) is 58.6 cm³/mol. The van der Waals surface area contributed by atoms with Crippen LogP contribution in [0, 0.1) is 18.3 Å². The van der Waals surface area contributed by atoms with Gasteiger partial charge in [-0.3, -0.25) is 0 Å². The minimum Gasteiger partial charge on any atom is -0.380 e. The fraction of sp³-hybridized carbons (Fsp3) is 0.455. The van der Waals surface area contributed by atoms with Crippen LogP contribution in [0.3, 0.4) is 0 Å². The number of hydrogen-bond donors (Lipinski definition) is 1. The van der Waals surface area contributed by atoms with Crippen LogP contribution in [-0.2, 0) is 4.74 Å². The van der Waals surface area contributed by atoms with Crippen molar-refractivity contribution in [3.05, 3.63) is 23.4 Å². The van der Waals surface area contributed by atoms with E-state index < -0.39 is 0 Å². The molecule has 0 spiro atoms. The van der Waals surface area contributed by atoms with Crippen molar-refractivity contribution in [1.82, 2.24) is 4.98 Å². The van der Waals surface area contributed by atoms with Crippen molar-refractivity contribution in [2.45, 2.75) is 20.0 Å². The molecule has 1 aromatic rings. The summed E-state index contributed by atoms with van der Waals surface area (Å²) in [4.78, 5) is 4.13. The highest BCUT2D eigenvalue weighted by Crippen LogP contribution is 2.14. The molecule has 80 valence electrons. The van der Waals surface area contributed by atoms with E-state index in [1.807, 2.05) is 19.9 Å². The van der Waals surface area contributed by atoms with Gasteiger partial charge in [-0.05, 0) is 25.5 Å². The molecule has 1 heterocycles. The van der Waals surface area contributed by atoms with E-state index in [2.05, 4.69) is 16.4 Å². The van der Waals surface area contributed by atoms with Gasteiger partial charge in [0.2, 0.25) is 0 Å². The number of methoxy groups -OCH3 is 1. The molecule has 0 fully saturated rings. The average molecular weight is 205 g/mol. The Balaban J connectivity index is 2.77. The van der Waals surface area contributed by atoms with E-state index in [1.165, 1.54) is 0 Å². The molecule has 0 aliphatic heterocycles. The van der Waals surface area contributed by atoms with Crippen LogP contribution in [0.1, 0.15) is 18.1 Å². The standard InChI is InChI=1S/C11H15N3O/c1-8-4-5-13-11(10(8)6-12)14-7-9(2)15-3/h4-5,9H,7H2,1-3H3,(H,13,14). The van der Waals surface area contributed by atoms with Crippen molar-refractivity contribution in [2.24, 2.45) is 0 Å². The molecule has 1 atom stereocenters. The van der Waals surface area contributed by atoms with Crippen LogP contribution in [0.5, 0.6) is 0 Å². The summed E-state index contributed by atoms with van der Waals surface area (Å²) in [6.45, 7) is 4.49. The van der Waals surface area contributed by atoms with Crippen molar-refractivity contribution in [2.75, 3.05) is 19.0 Å². The highest BCUT2D eigenvalue weighted by molar-refractivity contribution is 5.55. The fourth-order valence-electron chi connectivity index (χ4n) is 1.16. The zero-order valence-corrected chi connectivity index (χ0v) is 9.24. The highest BCUT2D eigenvalue weighted by Gasteiger charge is 2.07. The Hall–Kier alpha value is -1.60. The maximum Gasteiger partial charge on any atom is 0.144 e. The van der Waals surface area contributed by atoms with Crippen LogP contribution in [0.15, 0.2) is 12.3 Å². The van der Waals surface area contributed by atoms with Gasteiger partial charge in [0.25, 0.3) is 0 Å². The van der Waals surface area contributed by atoms with Crippen molar-refractivity contribution in [3.63, 3.8) is 0 Å².